The number of rotatable bonds is 8. The molecule has 0 spiro atoms. The summed E-state index contributed by atoms with van der Waals surface area (Å²) in [7, 11) is -3.70. The van der Waals surface area contributed by atoms with Crippen molar-refractivity contribution in [2.75, 3.05) is 30.3 Å². The number of imidazole rings is 1. The highest BCUT2D eigenvalue weighted by molar-refractivity contribution is 7.86. The van der Waals surface area contributed by atoms with Crippen LogP contribution < -0.4 is 15.8 Å². The lowest BCUT2D eigenvalue weighted by Crippen LogP contribution is -2.36. The van der Waals surface area contributed by atoms with Crippen molar-refractivity contribution in [1.82, 2.24) is 23.8 Å². The van der Waals surface area contributed by atoms with E-state index in [0.717, 1.165) is 12.8 Å². The first-order valence-corrected chi connectivity index (χ1v) is 11.0. The number of aliphatic hydroxyl groups is 1. The van der Waals surface area contributed by atoms with Gasteiger partial charge in [-0.05, 0) is 32.1 Å². The van der Waals surface area contributed by atoms with Crippen LogP contribution >= 0.6 is 0 Å². The van der Waals surface area contributed by atoms with Crippen molar-refractivity contribution in [2.24, 2.45) is 11.1 Å². The molecule has 1 aliphatic heterocycles. The van der Waals surface area contributed by atoms with Gasteiger partial charge < -0.3 is 20.3 Å². The molecule has 2 aromatic rings. The van der Waals surface area contributed by atoms with Crippen LogP contribution in [0.5, 0.6) is 0 Å². The number of nitrogens with one attached hydrogen (secondary N) is 2. The lowest BCUT2D eigenvalue weighted by Gasteiger charge is -2.18. The van der Waals surface area contributed by atoms with Gasteiger partial charge in [-0.25, -0.2) is 10.1 Å². The number of hydrogen-bond acceptors (Lipinski definition) is 8. The third-order valence-electron chi connectivity index (χ3n) is 5.36. The Morgan fingerprint density at radius 2 is 2.14 bits per heavy atom. The van der Waals surface area contributed by atoms with Gasteiger partial charge >= 0.3 is 0 Å². The summed E-state index contributed by atoms with van der Waals surface area (Å²) in [4.78, 5) is 13.6. The van der Waals surface area contributed by atoms with Crippen LogP contribution in [0.15, 0.2) is 6.33 Å². The van der Waals surface area contributed by atoms with Crippen LogP contribution in [0.2, 0.25) is 0 Å². The van der Waals surface area contributed by atoms with Crippen molar-refractivity contribution in [2.45, 2.75) is 44.8 Å². The van der Waals surface area contributed by atoms with Crippen LogP contribution in [0.1, 0.15) is 26.2 Å². The second kappa shape index (κ2) is 7.43. The summed E-state index contributed by atoms with van der Waals surface area (Å²) in [6, 6.07) is -0.194. The molecule has 1 saturated carbocycles. The second-order valence-electron chi connectivity index (χ2n) is 7.40. The summed E-state index contributed by atoms with van der Waals surface area (Å²) in [5.74, 6) is 1.42. The van der Waals surface area contributed by atoms with Crippen LogP contribution in [-0.2, 0) is 16.8 Å². The molecule has 0 aromatic carbocycles. The fourth-order valence-corrected chi connectivity index (χ4v) is 4.34. The van der Waals surface area contributed by atoms with Crippen molar-refractivity contribution >= 4 is 33.1 Å². The van der Waals surface area contributed by atoms with E-state index in [9.17, 15) is 13.5 Å². The van der Waals surface area contributed by atoms with E-state index in [1.807, 2.05) is 11.5 Å². The van der Waals surface area contributed by atoms with Crippen molar-refractivity contribution in [3.63, 3.8) is 0 Å². The van der Waals surface area contributed by atoms with E-state index in [4.69, 9.17) is 5.14 Å². The average Bonchev–Trinajstić information content (AvgIpc) is 3.22. The molecule has 28 heavy (non-hydrogen) atoms. The minimum absolute atomic E-state index is 0.0216. The van der Waals surface area contributed by atoms with Crippen molar-refractivity contribution in [1.29, 1.82) is 0 Å². The number of aromatic nitrogens is 4. The highest BCUT2D eigenvalue weighted by atomic mass is 32.2. The summed E-state index contributed by atoms with van der Waals surface area (Å²) in [5, 5.41) is 21.4. The van der Waals surface area contributed by atoms with Gasteiger partial charge in [0.15, 0.2) is 17.0 Å². The normalized spacial score (nSPS) is 21.9. The van der Waals surface area contributed by atoms with Gasteiger partial charge in [0.2, 0.25) is 5.95 Å². The van der Waals surface area contributed by atoms with E-state index in [1.165, 1.54) is 4.31 Å². The zero-order valence-corrected chi connectivity index (χ0v) is 16.6. The molecule has 0 bridgehead atoms. The van der Waals surface area contributed by atoms with E-state index in [1.54, 1.807) is 6.33 Å². The maximum atomic E-state index is 11.6. The minimum atomic E-state index is -3.70. The number of hydrogen-bond donors (Lipinski definition) is 4. The Morgan fingerprint density at radius 1 is 1.36 bits per heavy atom. The molecule has 11 nitrogen and oxygen atoms in total. The Bertz CT molecular complexity index is 958. The van der Waals surface area contributed by atoms with Gasteiger partial charge in [0.25, 0.3) is 10.2 Å². The summed E-state index contributed by atoms with van der Waals surface area (Å²) >= 11 is 0. The molecule has 1 saturated heterocycles. The van der Waals surface area contributed by atoms with E-state index in [0.29, 0.717) is 48.4 Å². The maximum absolute atomic E-state index is 11.6. The third kappa shape index (κ3) is 3.90. The number of nitrogens with zero attached hydrogens (tertiary/aromatic N) is 5. The maximum Gasteiger partial charge on any atom is 0.276 e. The van der Waals surface area contributed by atoms with Gasteiger partial charge in [-0.1, -0.05) is 0 Å². The standard InChI is InChI=1S/C16H26N8O3S/c1-2-23-9-18-13-14(19-11-5-6-24(7-11)28(17,26)27)21-16(22-15(13)23)20-12(8-25)10-3-4-10/h9-12,25H,2-8H2,1H3,(H2,17,26,27)(H2,19,20,21,22). The summed E-state index contributed by atoms with van der Waals surface area (Å²) < 4.78 is 26.3. The molecule has 2 fully saturated rings. The Kier molecular flexibility index (Phi) is 5.12. The highest BCUT2D eigenvalue weighted by Gasteiger charge is 2.32. The topological polar surface area (TPSA) is 151 Å². The van der Waals surface area contributed by atoms with Crippen LogP contribution in [0, 0.1) is 5.92 Å². The first kappa shape index (κ1) is 19.3. The lowest BCUT2D eigenvalue weighted by atomic mass is 10.2. The summed E-state index contributed by atoms with van der Waals surface area (Å²) in [6.45, 7) is 3.39. The van der Waals surface area contributed by atoms with E-state index >= 15 is 0 Å². The van der Waals surface area contributed by atoms with Crippen molar-refractivity contribution in [3.05, 3.63) is 6.33 Å². The minimum Gasteiger partial charge on any atom is -0.394 e. The molecule has 12 heteroatoms. The van der Waals surface area contributed by atoms with Gasteiger partial charge in [-0.2, -0.15) is 22.7 Å². The summed E-state index contributed by atoms with van der Waals surface area (Å²) in [6.07, 6.45) is 4.51. The monoisotopic (exact) mass is 410 g/mol. The highest BCUT2D eigenvalue weighted by Crippen LogP contribution is 2.34. The first-order valence-electron chi connectivity index (χ1n) is 9.53. The number of anilines is 2. The van der Waals surface area contributed by atoms with Crippen LogP contribution in [0.4, 0.5) is 11.8 Å². The smallest absolute Gasteiger partial charge is 0.276 e. The Morgan fingerprint density at radius 3 is 2.75 bits per heavy atom. The lowest BCUT2D eigenvalue weighted by molar-refractivity contribution is 0.263. The van der Waals surface area contributed by atoms with Crippen LogP contribution in [-0.4, -0.2) is 69.1 Å². The SMILES string of the molecule is CCn1cnc2c(NC3CCN(S(N)(=O)=O)C3)nc(NC(CO)C3CC3)nc21. The molecule has 4 rings (SSSR count). The molecule has 0 amide bonds. The fourth-order valence-electron chi connectivity index (χ4n) is 3.59. The molecule has 2 atom stereocenters. The molecular formula is C16H26N8O3S. The largest absolute Gasteiger partial charge is 0.394 e. The predicted octanol–water partition coefficient (Wildman–Crippen LogP) is -0.281. The van der Waals surface area contributed by atoms with Crippen molar-refractivity contribution in [3.8, 4) is 0 Å². The molecule has 2 unspecified atom stereocenters. The molecule has 5 N–H and O–H groups in total. The average molecular weight is 411 g/mol. The Labute approximate surface area is 163 Å². The van der Waals surface area contributed by atoms with Gasteiger partial charge in [-0.15, -0.1) is 0 Å². The number of aliphatic hydroxyl groups excluding tert-OH is 1. The van der Waals surface area contributed by atoms with E-state index in [-0.39, 0.29) is 25.2 Å². The third-order valence-corrected chi connectivity index (χ3v) is 6.41. The molecular weight excluding hydrogens is 384 g/mol. The molecule has 154 valence electrons. The van der Waals surface area contributed by atoms with E-state index in [2.05, 4.69) is 25.6 Å². The molecule has 1 aliphatic carbocycles. The number of nitrogens with two attached hydrogens (primary N) is 1. The quantitative estimate of drug-likeness (QED) is 0.464. The van der Waals surface area contributed by atoms with Crippen LogP contribution in [0.25, 0.3) is 11.2 Å². The molecule has 2 aliphatic rings. The van der Waals surface area contributed by atoms with Crippen LogP contribution in [0.3, 0.4) is 0 Å². The molecule has 0 radical (unpaired) electrons. The number of fused-ring (bicyclic) bond motifs is 1. The van der Waals surface area contributed by atoms with Gasteiger partial charge in [-0.3, -0.25) is 0 Å². The zero-order valence-electron chi connectivity index (χ0n) is 15.7. The van der Waals surface area contributed by atoms with Gasteiger partial charge in [0.1, 0.15) is 0 Å². The fraction of sp³-hybridized carbons (Fsp3) is 0.688. The van der Waals surface area contributed by atoms with Gasteiger partial charge in [0.05, 0.1) is 19.0 Å². The van der Waals surface area contributed by atoms with E-state index < -0.39 is 10.2 Å². The molecule has 2 aromatic heterocycles. The van der Waals surface area contributed by atoms with Gasteiger partial charge in [0, 0.05) is 25.7 Å². The first-order chi connectivity index (χ1) is 13.4. The molecule has 3 heterocycles. The Hall–Kier alpha value is -2.02. The summed E-state index contributed by atoms with van der Waals surface area (Å²) in [5.41, 5.74) is 1.32. The Balaban J connectivity index is 1.61. The second-order valence-corrected chi connectivity index (χ2v) is 8.95. The predicted molar refractivity (Wildman–Crippen MR) is 105 cm³/mol. The number of aryl methyl sites for hydroxylation is 1. The van der Waals surface area contributed by atoms with Crippen molar-refractivity contribution < 1.29 is 13.5 Å². The zero-order chi connectivity index (χ0) is 19.9.